The van der Waals surface area contributed by atoms with E-state index in [-0.39, 0.29) is 12.1 Å². The summed E-state index contributed by atoms with van der Waals surface area (Å²) in [4.78, 5) is 24.4. The van der Waals surface area contributed by atoms with E-state index in [0.29, 0.717) is 34.9 Å². The van der Waals surface area contributed by atoms with Crippen molar-refractivity contribution in [2.75, 3.05) is 13.7 Å². The van der Waals surface area contributed by atoms with E-state index in [9.17, 15) is 9.59 Å². The zero-order valence-electron chi connectivity index (χ0n) is 15.1. The lowest BCUT2D eigenvalue weighted by atomic mass is 9.95. The quantitative estimate of drug-likeness (QED) is 0.772. The molecule has 0 bridgehead atoms. The minimum Gasteiger partial charge on any atom is -0.493 e. The predicted octanol–water partition coefficient (Wildman–Crippen LogP) is 2.67. The van der Waals surface area contributed by atoms with Gasteiger partial charge in [-0.25, -0.2) is 9.59 Å². The Kier molecular flexibility index (Phi) is 5.90. The molecule has 1 aromatic rings. The Labute approximate surface area is 147 Å². The molecule has 7 nitrogen and oxygen atoms in total. The summed E-state index contributed by atoms with van der Waals surface area (Å²) in [5, 5.41) is 5.38. The summed E-state index contributed by atoms with van der Waals surface area (Å²) in [7, 11) is 1.54. The molecule has 0 aliphatic carbocycles. The van der Waals surface area contributed by atoms with Crippen molar-refractivity contribution in [3.63, 3.8) is 0 Å². The summed E-state index contributed by atoms with van der Waals surface area (Å²) in [6, 6.07) is 4.28. The van der Waals surface area contributed by atoms with E-state index in [1.54, 1.807) is 39.0 Å². The second kappa shape index (κ2) is 7.92. The molecule has 0 fully saturated rings. The fraction of sp³-hybridized carbons (Fsp3) is 0.444. The number of allylic oxidation sites excluding steroid dienone is 1. The number of esters is 1. The number of carbonyl (C=O) groups excluding carboxylic acids is 2. The van der Waals surface area contributed by atoms with Crippen molar-refractivity contribution >= 4 is 12.0 Å². The van der Waals surface area contributed by atoms with Gasteiger partial charge in [-0.2, -0.15) is 0 Å². The number of nitrogens with one attached hydrogen (secondary N) is 2. The third-order valence-corrected chi connectivity index (χ3v) is 3.65. The molecule has 2 rings (SSSR count). The molecule has 0 aromatic heterocycles. The minimum atomic E-state index is -0.635. The number of ether oxygens (including phenoxy) is 3. The van der Waals surface area contributed by atoms with Crippen LogP contribution in [0.2, 0.25) is 0 Å². The van der Waals surface area contributed by atoms with Crippen molar-refractivity contribution in [3.05, 3.63) is 35.0 Å². The summed E-state index contributed by atoms with van der Waals surface area (Å²) < 4.78 is 16.2. The summed E-state index contributed by atoms with van der Waals surface area (Å²) in [6.07, 6.45) is -0.263. The van der Waals surface area contributed by atoms with Crippen LogP contribution in [0.4, 0.5) is 4.79 Å². The highest BCUT2D eigenvalue weighted by molar-refractivity contribution is 5.95. The van der Waals surface area contributed by atoms with Crippen LogP contribution in [-0.4, -0.2) is 31.8 Å². The maximum atomic E-state index is 12.5. The van der Waals surface area contributed by atoms with Gasteiger partial charge in [-0.3, -0.25) is 0 Å². The maximum Gasteiger partial charge on any atom is 0.338 e. The highest BCUT2D eigenvalue weighted by atomic mass is 16.5. The van der Waals surface area contributed by atoms with E-state index in [1.807, 2.05) is 6.92 Å². The molecule has 1 heterocycles. The van der Waals surface area contributed by atoms with Crippen LogP contribution in [0.1, 0.15) is 39.3 Å². The van der Waals surface area contributed by atoms with E-state index < -0.39 is 12.0 Å². The summed E-state index contributed by atoms with van der Waals surface area (Å²) in [6.45, 7) is 7.61. The van der Waals surface area contributed by atoms with Gasteiger partial charge in [0.2, 0.25) is 0 Å². The summed E-state index contributed by atoms with van der Waals surface area (Å²) in [5.74, 6) is 0.653. The molecule has 7 heteroatoms. The van der Waals surface area contributed by atoms with Crippen LogP contribution < -0.4 is 20.1 Å². The highest BCUT2D eigenvalue weighted by Crippen LogP contribution is 2.34. The van der Waals surface area contributed by atoms with Crippen molar-refractivity contribution in [1.82, 2.24) is 10.6 Å². The Balaban J connectivity index is 2.45. The first-order chi connectivity index (χ1) is 11.9. The molecule has 1 aliphatic heterocycles. The third-order valence-electron chi connectivity index (χ3n) is 3.65. The fourth-order valence-corrected chi connectivity index (χ4v) is 2.63. The van der Waals surface area contributed by atoms with Crippen molar-refractivity contribution in [2.45, 2.75) is 39.8 Å². The molecule has 1 atom stereocenters. The molecule has 1 aromatic carbocycles. The van der Waals surface area contributed by atoms with Crippen LogP contribution in [-0.2, 0) is 9.53 Å². The number of hydrogen-bond donors (Lipinski definition) is 2. The van der Waals surface area contributed by atoms with E-state index in [2.05, 4.69) is 10.6 Å². The first-order valence-corrected chi connectivity index (χ1v) is 8.17. The number of benzene rings is 1. The lowest BCUT2D eigenvalue weighted by molar-refractivity contribution is -0.143. The molecular formula is C18H24N2O5. The smallest absolute Gasteiger partial charge is 0.338 e. The Morgan fingerprint density at radius 2 is 2.00 bits per heavy atom. The van der Waals surface area contributed by atoms with E-state index >= 15 is 0 Å². The SMILES string of the molecule is CCOc1ccc([C@H]2NC(=O)NC(C)=C2C(=O)OC(C)C)cc1OC. The van der Waals surface area contributed by atoms with Gasteiger partial charge in [0.15, 0.2) is 11.5 Å². The molecule has 136 valence electrons. The van der Waals surface area contributed by atoms with Gasteiger partial charge in [0, 0.05) is 5.70 Å². The van der Waals surface area contributed by atoms with Gasteiger partial charge in [-0.1, -0.05) is 6.07 Å². The minimum absolute atomic E-state index is 0.263. The standard InChI is InChI=1S/C18H24N2O5/c1-6-24-13-8-7-12(9-14(13)23-5)16-15(17(21)25-10(2)3)11(4)19-18(22)20-16/h7-10,16H,6H2,1-5H3,(H2,19,20,22)/t16-/m1/s1. The largest absolute Gasteiger partial charge is 0.493 e. The number of hydrogen-bond acceptors (Lipinski definition) is 5. The van der Waals surface area contributed by atoms with Crippen LogP contribution in [0.15, 0.2) is 29.5 Å². The first-order valence-electron chi connectivity index (χ1n) is 8.17. The van der Waals surface area contributed by atoms with Crippen molar-refractivity contribution in [2.24, 2.45) is 0 Å². The van der Waals surface area contributed by atoms with Gasteiger partial charge in [0.05, 0.1) is 31.4 Å². The lowest BCUT2D eigenvalue weighted by Crippen LogP contribution is -2.45. The molecule has 2 amide bonds. The normalized spacial score (nSPS) is 17.0. The second-order valence-corrected chi connectivity index (χ2v) is 5.87. The molecule has 0 saturated heterocycles. The lowest BCUT2D eigenvalue weighted by Gasteiger charge is -2.29. The van der Waals surface area contributed by atoms with Gasteiger partial charge in [-0.05, 0) is 45.4 Å². The topological polar surface area (TPSA) is 85.9 Å². The van der Waals surface area contributed by atoms with E-state index in [4.69, 9.17) is 14.2 Å². The molecule has 0 spiro atoms. The number of methoxy groups -OCH3 is 1. The number of amides is 2. The molecule has 0 radical (unpaired) electrons. The zero-order chi connectivity index (χ0) is 18.6. The monoisotopic (exact) mass is 348 g/mol. The summed E-state index contributed by atoms with van der Waals surface area (Å²) >= 11 is 0. The molecule has 0 saturated carbocycles. The predicted molar refractivity (Wildman–Crippen MR) is 92.5 cm³/mol. The maximum absolute atomic E-state index is 12.5. The first kappa shape index (κ1) is 18.6. The Bertz CT molecular complexity index is 697. The van der Waals surface area contributed by atoms with Gasteiger partial charge in [0.25, 0.3) is 0 Å². The average molecular weight is 348 g/mol. The average Bonchev–Trinajstić information content (AvgIpc) is 2.53. The Morgan fingerprint density at radius 3 is 2.60 bits per heavy atom. The van der Waals surface area contributed by atoms with Crippen LogP contribution in [0.25, 0.3) is 0 Å². The van der Waals surface area contributed by atoms with E-state index in [0.717, 1.165) is 0 Å². The third kappa shape index (κ3) is 4.23. The van der Waals surface area contributed by atoms with Crippen molar-refractivity contribution in [1.29, 1.82) is 0 Å². The van der Waals surface area contributed by atoms with E-state index in [1.165, 1.54) is 7.11 Å². The summed E-state index contributed by atoms with van der Waals surface area (Å²) in [5.41, 5.74) is 1.52. The fourth-order valence-electron chi connectivity index (χ4n) is 2.63. The Hall–Kier alpha value is -2.70. The van der Waals surface area contributed by atoms with Crippen molar-refractivity contribution in [3.8, 4) is 11.5 Å². The number of carbonyl (C=O) groups is 2. The molecule has 2 N–H and O–H groups in total. The van der Waals surface area contributed by atoms with Gasteiger partial charge >= 0.3 is 12.0 Å². The zero-order valence-corrected chi connectivity index (χ0v) is 15.1. The van der Waals surface area contributed by atoms with Crippen LogP contribution >= 0.6 is 0 Å². The molecule has 25 heavy (non-hydrogen) atoms. The Morgan fingerprint density at radius 1 is 1.28 bits per heavy atom. The van der Waals surface area contributed by atoms with Gasteiger partial charge < -0.3 is 24.8 Å². The number of urea groups is 1. The van der Waals surface area contributed by atoms with Crippen molar-refractivity contribution < 1.29 is 23.8 Å². The van der Waals surface area contributed by atoms with Crippen LogP contribution in [0.3, 0.4) is 0 Å². The van der Waals surface area contributed by atoms with Gasteiger partial charge in [-0.15, -0.1) is 0 Å². The van der Waals surface area contributed by atoms with Gasteiger partial charge in [0.1, 0.15) is 0 Å². The highest BCUT2D eigenvalue weighted by Gasteiger charge is 2.33. The molecular weight excluding hydrogens is 324 g/mol. The second-order valence-electron chi connectivity index (χ2n) is 5.87. The molecule has 1 aliphatic rings. The van der Waals surface area contributed by atoms with Crippen LogP contribution in [0.5, 0.6) is 11.5 Å². The van der Waals surface area contributed by atoms with Crippen LogP contribution in [0, 0.1) is 0 Å². The number of rotatable bonds is 6. The molecule has 0 unspecified atom stereocenters.